The molecule has 0 aliphatic carbocycles. The number of hydrogen-bond acceptors (Lipinski definition) is 6. The largest absolute Gasteiger partial charge is 0.497 e. The first-order valence-electron chi connectivity index (χ1n) is 9.59. The Morgan fingerprint density at radius 3 is 2.45 bits per heavy atom. The Bertz CT molecular complexity index is 990. The summed E-state index contributed by atoms with van der Waals surface area (Å²) in [5.74, 6) is -0.906. The van der Waals surface area contributed by atoms with Crippen LogP contribution in [0.15, 0.2) is 35.2 Å². The van der Waals surface area contributed by atoms with Crippen molar-refractivity contribution in [3.63, 3.8) is 0 Å². The van der Waals surface area contributed by atoms with Crippen molar-refractivity contribution in [3.8, 4) is 0 Å². The minimum absolute atomic E-state index is 0.00589. The fourth-order valence-corrected chi connectivity index (χ4v) is 4.24. The lowest BCUT2D eigenvalue weighted by Gasteiger charge is -2.32. The van der Waals surface area contributed by atoms with Gasteiger partial charge in [-0.25, -0.2) is 4.39 Å². The fraction of sp³-hybridized carbons (Fsp3) is 0.381. The lowest BCUT2D eigenvalue weighted by atomic mass is 9.78. The van der Waals surface area contributed by atoms with E-state index in [9.17, 15) is 4.79 Å². The maximum Gasteiger partial charge on any atom is 0.497 e. The Kier molecular flexibility index (Phi) is 7.18. The van der Waals surface area contributed by atoms with Crippen molar-refractivity contribution in [2.75, 3.05) is 4.72 Å². The maximum absolute atomic E-state index is 15.2. The molecule has 31 heavy (non-hydrogen) atoms. The minimum Gasteiger partial charge on any atom is -0.461 e. The molecule has 0 radical (unpaired) electrons. The van der Waals surface area contributed by atoms with Gasteiger partial charge in [0.1, 0.15) is 12.4 Å². The van der Waals surface area contributed by atoms with Crippen LogP contribution in [0.2, 0.25) is 10.0 Å². The Labute approximate surface area is 196 Å². The zero-order valence-electron chi connectivity index (χ0n) is 17.8. The highest BCUT2D eigenvalue weighted by molar-refractivity contribution is 8.00. The molecule has 166 valence electrons. The highest BCUT2D eigenvalue weighted by atomic mass is 35.5. The summed E-state index contributed by atoms with van der Waals surface area (Å²) in [6, 6.07) is 8.23. The van der Waals surface area contributed by atoms with Gasteiger partial charge in [-0.05, 0) is 57.8 Å². The summed E-state index contributed by atoms with van der Waals surface area (Å²) in [6.45, 7) is 8.96. The third kappa shape index (κ3) is 5.31. The van der Waals surface area contributed by atoms with Crippen LogP contribution in [0.3, 0.4) is 0 Å². The normalized spacial score (nSPS) is 17.0. The van der Waals surface area contributed by atoms with Crippen LogP contribution in [-0.2, 0) is 25.4 Å². The van der Waals surface area contributed by atoms with Crippen molar-refractivity contribution in [2.45, 2.75) is 57.3 Å². The number of rotatable bonds is 6. The molecule has 3 rings (SSSR count). The molecule has 2 aromatic rings. The Hall–Kier alpha value is -1.45. The summed E-state index contributed by atoms with van der Waals surface area (Å²) in [7, 11) is -0.818. The number of halogens is 3. The summed E-state index contributed by atoms with van der Waals surface area (Å²) in [5.41, 5.74) is -0.0453. The molecule has 0 unspecified atom stereocenters. The first kappa shape index (κ1) is 24.2. The number of anilines is 1. The first-order valence-corrected chi connectivity index (χ1v) is 11.2. The molecule has 1 saturated heterocycles. The predicted octanol–water partition coefficient (Wildman–Crippen LogP) is 5.61. The molecule has 1 heterocycles. The third-order valence-electron chi connectivity index (χ3n) is 5.32. The van der Waals surface area contributed by atoms with E-state index >= 15 is 4.39 Å². The molecular weight excluding hydrogens is 463 g/mol. The molecule has 0 saturated carbocycles. The van der Waals surface area contributed by atoms with Crippen LogP contribution in [0.1, 0.15) is 40.2 Å². The predicted molar refractivity (Wildman–Crippen MR) is 124 cm³/mol. The van der Waals surface area contributed by atoms with Crippen molar-refractivity contribution in [3.05, 3.63) is 51.8 Å². The lowest BCUT2D eigenvalue weighted by molar-refractivity contribution is -0.142. The van der Waals surface area contributed by atoms with E-state index in [0.29, 0.717) is 26.0 Å². The Morgan fingerprint density at radius 1 is 1.19 bits per heavy atom. The van der Waals surface area contributed by atoms with Gasteiger partial charge in [0.15, 0.2) is 0 Å². The SMILES string of the molecule is CC(=O)OCc1cc(Cl)cc(SNc2cccc(B3OC(C)(C)C(C)(C)O3)c2F)c1Cl. The van der Waals surface area contributed by atoms with E-state index in [1.807, 2.05) is 27.7 Å². The Morgan fingerprint density at radius 2 is 1.84 bits per heavy atom. The van der Waals surface area contributed by atoms with Gasteiger partial charge in [-0.2, -0.15) is 0 Å². The second-order valence-corrected chi connectivity index (χ2v) is 9.82. The molecule has 1 aliphatic heterocycles. The van der Waals surface area contributed by atoms with Crippen molar-refractivity contribution in [2.24, 2.45) is 0 Å². The number of esters is 1. The van der Waals surface area contributed by atoms with Gasteiger partial charge >= 0.3 is 13.1 Å². The summed E-state index contributed by atoms with van der Waals surface area (Å²) >= 11 is 13.7. The van der Waals surface area contributed by atoms with Crippen LogP contribution in [0.4, 0.5) is 10.1 Å². The quantitative estimate of drug-likeness (QED) is 0.326. The molecule has 0 bridgehead atoms. The van der Waals surface area contributed by atoms with Crippen LogP contribution in [-0.4, -0.2) is 24.3 Å². The molecule has 10 heteroatoms. The number of hydrogen-bond donors (Lipinski definition) is 1. The van der Waals surface area contributed by atoms with Crippen molar-refractivity contribution in [1.29, 1.82) is 0 Å². The molecule has 1 aliphatic rings. The van der Waals surface area contributed by atoms with E-state index < -0.39 is 30.1 Å². The monoisotopic (exact) mass is 485 g/mol. The number of carbonyl (C=O) groups is 1. The van der Waals surface area contributed by atoms with E-state index in [1.54, 1.807) is 30.3 Å². The van der Waals surface area contributed by atoms with E-state index in [0.717, 1.165) is 11.9 Å². The van der Waals surface area contributed by atoms with Gasteiger partial charge in [0, 0.05) is 27.9 Å². The molecular formula is C21H23BCl2FNO4S. The van der Waals surface area contributed by atoms with Crippen LogP contribution >= 0.6 is 35.1 Å². The van der Waals surface area contributed by atoms with Crippen LogP contribution in [0.5, 0.6) is 0 Å². The zero-order chi connectivity index (χ0) is 23.0. The average molecular weight is 486 g/mol. The smallest absolute Gasteiger partial charge is 0.461 e. The van der Waals surface area contributed by atoms with E-state index in [2.05, 4.69) is 4.72 Å². The molecule has 0 amide bonds. The van der Waals surface area contributed by atoms with Gasteiger partial charge in [-0.15, -0.1) is 0 Å². The van der Waals surface area contributed by atoms with Crippen molar-refractivity contribution in [1.82, 2.24) is 0 Å². The summed E-state index contributed by atoms with van der Waals surface area (Å²) in [4.78, 5) is 11.7. The number of ether oxygens (including phenoxy) is 1. The minimum atomic E-state index is -0.818. The summed E-state index contributed by atoms with van der Waals surface area (Å²) in [6.07, 6.45) is 0. The van der Waals surface area contributed by atoms with Crippen LogP contribution < -0.4 is 10.2 Å². The molecule has 0 aromatic heterocycles. The molecule has 0 spiro atoms. The summed E-state index contributed by atoms with van der Waals surface area (Å²) in [5, 5.41) is 0.785. The fourth-order valence-electron chi connectivity index (χ4n) is 2.87. The molecule has 2 aromatic carbocycles. The van der Waals surface area contributed by atoms with E-state index in [-0.39, 0.29) is 12.3 Å². The topological polar surface area (TPSA) is 56.8 Å². The number of benzene rings is 2. The van der Waals surface area contributed by atoms with Crippen LogP contribution in [0, 0.1) is 5.82 Å². The van der Waals surface area contributed by atoms with Gasteiger partial charge in [0.25, 0.3) is 0 Å². The second-order valence-electron chi connectivity index (χ2n) is 8.16. The van der Waals surface area contributed by atoms with Gasteiger partial charge in [0.05, 0.1) is 21.9 Å². The third-order valence-corrected chi connectivity index (χ3v) is 6.96. The molecule has 5 nitrogen and oxygen atoms in total. The molecule has 0 atom stereocenters. The van der Waals surface area contributed by atoms with Gasteiger partial charge < -0.3 is 18.8 Å². The van der Waals surface area contributed by atoms with Gasteiger partial charge in [-0.1, -0.05) is 35.3 Å². The Balaban J connectivity index is 1.79. The van der Waals surface area contributed by atoms with E-state index in [4.69, 9.17) is 37.2 Å². The van der Waals surface area contributed by atoms with Crippen LogP contribution in [0.25, 0.3) is 0 Å². The second kappa shape index (κ2) is 9.20. The zero-order valence-corrected chi connectivity index (χ0v) is 20.2. The summed E-state index contributed by atoms with van der Waals surface area (Å²) < 4.78 is 35.2. The number of nitrogens with one attached hydrogen (secondary N) is 1. The number of carbonyl (C=O) groups excluding carboxylic acids is 1. The molecule has 1 N–H and O–H groups in total. The van der Waals surface area contributed by atoms with Crippen molar-refractivity contribution < 1.29 is 23.2 Å². The highest BCUT2D eigenvalue weighted by Crippen LogP contribution is 2.38. The standard InChI is InChI=1S/C21H23BCl2FNO4S/c1-12(27)28-11-13-9-14(23)10-17(18(13)24)31-26-16-8-6-7-15(19(16)25)22-29-20(2,3)21(4,5)30-22/h6-10,26H,11H2,1-5H3. The first-order chi connectivity index (χ1) is 14.4. The lowest BCUT2D eigenvalue weighted by Crippen LogP contribution is -2.41. The average Bonchev–Trinajstić information content (AvgIpc) is 2.88. The van der Waals surface area contributed by atoms with Gasteiger partial charge in [-0.3, -0.25) is 4.79 Å². The van der Waals surface area contributed by atoms with Gasteiger partial charge in [0.2, 0.25) is 0 Å². The highest BCUT2D eigenvalue weighted by Gasteiger charge is 2.52. The van der Waals surface area contributed by atoms with E-state index in [1.165, 1.54) is 6.92 Å². The van der Waals surface area contributed by atoms with Crippen molar-refractivity contribution >= 4 is 59.4 Å². The molecule has 1 fully saturated rings. The maximum atomic E-state index is 15.2.